The Morgan fingerprint density at radius 1 is 1.32 bits per heavy atom. The van der Waals surface area contributed by atoms with E-state index in [0.717, 1.165) is 47.9 Å². The van der Waals surface area contributed by atoms with E-state index in [9.17, 15) is 9.90 Å². The molecule has 1 heterocycles. The smallest absolute Gasteiger partial charge is 0.404 e. The average molecular weight is 344 g/mol. The Morgan fingerprint density at radius 3 is 2.76 bits per heavy atom. The van der Waals surface area contributed by atoms with Crippen LogP contribution in [0.3, 0.4) is 0 Å². The third-order valence-corrected chi connectivity index (χ3v) is 5.07. The third kappa shape index (κ3) is 4.20. The summed E-state index contributed by atoms with van der Waals surface area (Å²) >= 11 is 0. The highest BCUT2D eigenvalue weighted by molar-refractivity contribution is 5.83. The van der Waals surface area contributed by atoms with Crippen LogP contribution in [0.15, 0.2) is 30.5 Å². The normalized spacial score (nSPS) is 21.7. The van der Waals surface area contributed by atoms with Crippen molar-refractivity contribution in [2.24, 2.45) is 5.92 Å². The molecule has 2 aromatic rings. The molecule has 6 nitrogen and oxygen atoms in total. The van der Waals surface area contributed by atoms with Gasteiger partial charge in [-0.2, -0.15) is 0 Å². The van der Waals surface area contributed by atoms with E-state index in [4.69, 9.17) is 9.84 Å². The van der Waals surface area contributed by atoms with Crippen LogP contribution < -0.4 is 10.1 Å². The predicted octanol–water partition coefficient (Wildman–Crippen LogP) is 3.49. The van der Waals surface area contributed by atoms with Gasteiger partial charge in [0.05, 0.1) is 18.7 Å². The van der Waals surface area contributed by atoms with E-state index in [1.807, 2.05) is 24.3 Å². The summed E-state index contributed by atoms with van der Waals surface area (Å²) in [7, 11) is 1.62. The molecule has 1 unspecified atom stereocenters. The van der Waals surface area contributed by atoms with Gasteiger partial charge in [0.1, 0.15) is 5.75 Å². The van der Waals surface area contributed by atoms with Crippen LogP contribution in [0.1, 0.15) is 43.8 Å². The van der Waals surface area contributed by atoms with E-state index in [1.54, 1.807) is 13.3 Å². The van der Waals surface area contributed by atoms with Gasteiger partial charge in [0, 0.05) is 17.6 Å². The highest BCUT2D eigenvalue weighted by Crippen LogP contribution is 2.34. The Bertz CT molecular complexity index is 741. The number of carbonyl (C=O) groups is 1. The summed E-state index contributed by atoms with van der Waals surface area (Å²) in [4.78, 5) is 15.1. The fourth-order valence-electron chi connectivity index (χ4n) is 3.72. The second-order valence-electron chi connectivity index (χ2n) is 6.70. The molecule has 1 aliphatic rings. The highest BCUT2D eigenvalue weighted by Gasteiger charge is 2.25. The van der Waals surface area contributed by atoms with Crippen LogP contribution in [0.5, 0.6) is 5.75 Å². The van der Waals surface area contributed by atoms with Crippen molar-refractivity contribution in [3.8, 4) is 5.75 Å². The number of ether oxygens (including phenoxy) is 1. The van der Waals surface area contributed by atoms with Crippen molar-refractivity contribution in [3.05, 3.63) is 36.0 Å². The molecule has 0 bridgehead atoms. The van der Waals surface area contributed by atoms with Gasteiger partial charge in [0.15, 0.2) is 0 Å². The number of aliphatic hydroxyl groups is 1. The zero-order valence-electron chi connectivity index (χ0n) is 14.3. The summed E-state index contributed by atoms with van der Waals surface area (Å²) in [6.07, 6.45) is 4.38. The Labute approximate surface area is 146 Å². The number of methoxy groups -OCH3 is 1. The maximum atomic E-state index is 10.8. The molecule has 0 aliphatic heterocycles. The number of aromatic nitrogens is 1. The van der Waals surface area contributed by atoms with Gasteiger partial charge in [-0.15, -0.1) is 0 Å². The van der Waals surface area contributed by atoms with E-state index >= 15 is 0 Å². The Hall–Kier alpha value is -2.34. The second kappa shape index (κ2) is 7.70. The summed E-state index contributed by atoms with van der Waals surface area (Å²) in [5.74, 6) is 1.14. The van der Waals surface area contributed by atoms with Gasteiger partial charge in [0.25, 0.3) is 0 Å². The molecule has 1 amide bonds. The van der Waals surface area contributed by atoms with Crippen molar-refractivity contribution in [1.82, 2.24) is 10.3 Å². The van der Waals surface area contributed by atoms with Crippen molar-refractivity contribution in [1.29, 1.82) is 0 Å². The molecular formula is C19H24N2O4. The van der Waals surface area contributed by atoms with Gasteiger partial charge in [-0.3, -0.25) is 4.98 Å². The first kappa shape index (κ1) is 17.5. The minimum atomic E-state index is -0.958. The van der Waals surface area contributed by atoms with Gasteiger partial charge in [0.2, 0.25) is 0 Å². The van der Waals surface area contributed by atoms with Crippen LogP contribution in [-0.2, 0) is 0 Å². The monoisotopic (exact) mass is 344 g/mol. The Morgan fingerprint density at radius 2 is 2.08 bits per heavy atom. The lowest BCUT2D eigenvalue weighted by Gasteiger charge is -2.29. The van der Waals surface area contributed by atoms with Crippen LogP contribution in [-0.4, -0.2) is 34.4 Å². The molecule has 3 N–H and O–H groups in total. The molecule has 1 saturated carbocycles. The van der Waals surface area contributed by atoms with E-state index in [1.165, 1.54) is 0 Å². The molecule has 25 heavy (non-hydrogen) atoms. The largest absolute Gasteiger partial charge is 0.497 e. The SMILES string of the molecule is COc1ccc2nccc(C(O)CC3CCC(NC(=O)O)CC3)c2c1. The summed E-state index contributed by atoms with van der Waals surface area (Å²) in [6, 6.07) is 7.57. The molecule has 1 fully saturated rings. The first-order valence-electron chi connectivity index (χ1n) is 8.67. The molecule has 1 atom stereocenters. The highest BCUT2D eigenvalue weighted by atomic mass is 16.5. The zero-order chi connectivity index (χ0) is 17.8. The minimum Gasteiger partial charge on any atom is -0.497 e. The van der Waals surface area contributed by atoms with E-state index in [0.29, 0.717) is 12.3 Å². The van der Waals surface area contributed by atoms with Crippen molar-refractivity contribution in [2.75, 3.05) is 7.11 Å². The Balaban J connectivity index is 1.68. The van der Waals surface area contributed by atoms with Crippen molar-refractivity contribution >= 4 is 17.0 Å². The number of nitrogens with zero attached hydrogens (tertiary/aromatic N) is 1. The number of nitrogens with one attached hydrogen (secondary N) is 1. The minimum absolute atomic E-state index is 0.0388. The van der Waals surface area contributed by atoms with Gasteiger partial charge >= 0.3 is 6.09 Å². The first-order chi connectivity index (χ1) is 12.1. The van der Waals surface area contributed by atoms with Crippen LogP contribution in [0, 0.1) is 5.92 Å². The van der Waals surface area contributed by atoms with Crippen LogP contribution in [0.25, 0.3) is 10.9 Å². The molecule has 1 aromatic heterocycles. The number of amides is 1. The van der Waals surface area contributed by atoms with Crippen molar-refractivity contribution in [3.63, 3.8) is 0 Å². The number of hydrogen-bond donors (Lipinski definition) is 3. The van der Waals surface area contributed by atoms with Gasteiger partial charge < -0.3 is 20.3 Å². The fraction of sp³-hybridized carbons (Fsp3) is 0.474. The lowest BCUT2D eigenvalue weighted by atomic mass is 9.81. The summed E-state index contributed by atoms with van der Waals surface area (Å²) in [5.41, 5.74) is 1.71. The summed E-state index contributed by atoms with van der Waals surface area (Å²) in [5, 5.41) is 23.0. The maximum Gasteiger partial charge on any atom is 0.404 e. The van der Waals surface area contributed by atoms with Crippen LogP contribution in [0.2, 0.25) is 0 Å². The van der Waals surface area contributed by atoms with Crippen LogP contribution in [0.4, 0.5) is 4.79 Å². The van der Waals surface area contributed by atoms with Gasteiger partial charge in [-0.1, -0.05) is 0 Å². The number of pyridine rings is 1. The second-order valence-corrected chi connectivity index (χ2v) is 6.70. The zero-order valence-corrected chi connectivity index (χ0v) is 14.3. The summed E-state index contributed by atoms with van der Waals surface area (Å²) in [6.45, 7) is 0. The van der Waals surface area contributed by atoms with Crippen molar-refractivity contribution < 1.29 is 19.7 Å². The quantitative estimate of drug-likeness (QED) is 0.772. The first-order valence-corrected chi connectivity index (χ1v) is 8.67. The lowest BCUT2D eigenvalue weighted by Crippen LogP contribution is -2.36. The lowest BCUT2D eigenvalue weighted by molar-refractivity contribution is 0.126. The third-order valence-electron chi connectivity index (χ3n) is 5.07. The van der Waals surface area contributed by atoms with Crippen LogP contribution >= 0.6 is 0 Å². The molecule has 0 radical (unpaired) electrons. The molecule has 3 rings (SSSR count). The fourth-order valence-corrected chi connectivity index (χ4v) is 3.72. The molecule has 1 aliphatic carbocycles. The number of aliphatic hydroxyl groups excluding tert-OH is 1. The van der Waals surface area contributed by atoms with E-state index in [-0.39, 0.29) is 6.04 Å². The predicted molar refractivity (Wildman–Crippen MR) is 94.8 cm³/mol. The number of carboxylic acid groups (broad SMARTS) is 1. The molecule has 0 spiro atoms. The van der Waals surface area contributed by atoms with Crippen molar-refractivity contribution in [2.45, 2.75) is 44.2 Å². The Kier molecular flexibility index (Phi) is 5.38. The van der Waals surface area contributed by atoms with E-state index in [2.05, 4.69) is 10.3 Å². The maximum absolute atomic E-state index is 10.8. The molecule has 0 saturated heterocycles. The van der Waals surface area contributed by atoms with Gasteiger partial charge in [-0.05, 0) is 67.9 Å². The standard InChI is InChI=1S/C19H24N2O4/c1-25-14-6-7-17-16(11-14)15(8-9-20-17)18(22)10-12-2-4-13(5-3-12)21-19(23)24/h6-9,11-13,18,21-22H,2-5,10H2,1H3,(H,23,24). The molecular weight excluding hydrogens is 320 g/mol. The van der Waals surface area contributed by atoms with E-state index < -0.39 is 12.2 Å². The number of hydrogen-bond acceptors (Lipinski definition) is 4. The molecule has 134 valence electrons. The number of rotatable bonds is 5. The summed E-state index contributed by atoms with van der Waals surface area (Å²) < 4.78 is 5.29. The number of benzene rings is 1. The molecule has 6 heteroatoms. The topological polar surface area (TPSA) is 91.7 Å². The average Bonchev–Trinajstić information content (AvgIpc) is 2.62. The number of fused-ring (bicyclic) bond motifs is 1. The molecule has 1 aromatic carbocycles. The van der Waals surface area contributed by atoms with Gasteiger partial charge in [-0.25, -0.2) is 4.79 Å².